The van der Waals surface area contributed by atoms with Crippen LogP contribution in [0.15, 0.2) is 36.4 Å². The van der Waals surface area contributed by atoms with Gasteiger partial charge in [0.2, 0.25) is 0 Å². The van der Waals surface area contributed by atoms with Crippen LogP contribution in [-0.2, 0) is 23.6 Å². The van der Waals surface area contributed by atoms with Gasteiger partial charge >= 0.3 is 18.3 Å². The van der Waals surface area contributed by atoms with E-state index in [1.807, 2.05) is 0 Å². The number of rotatable bonds is 5. The van der Waals surface area contributed by atoms with Crippen LogP contribution in [0.3, 0.4) is 0 Å². The number of aliphatic hydroxyl groups excluding tert-OH is 1. The fourth-order valence-corrected chi connectivity index (χ4v) is 4.64. The second kappa shape index (κ2) is 11.9. The second-order valence-corrected chi connectivity index (χ2v) is 9.61. The van der Waals surface area contributed by atoms with E-state index in [1.165, 1.54) is 13.8 Å². The molecule has 0 saturated carbocycles. The quantitative estimate of drug-likeness (QED) is 0.411. The number of aliphatic carboxylic acids is 1. The van der Waals surface area contributed by atoms with Gasteiger partial charge in [-0.3, -0.25) is 9.69 Å². The summed E-state index contributed by atoms with van der Waals surface area (Å²) in [5.41, 5.74) is -1.38. The molecule has 38 heavy (non-hydrogen) atoms. The average Bonchev–Trinajstić information content (AvgIpc) is 2.89. The van der Waals surface area contributed by atoms with Crippen molar-refractivity contribution in [3.63, 3.8) is 0 Å². The van der Waals surface area contributed by atoms with E-state index in [2.05, 4.69) is 0 Å². The first-order valence-corrected chi connectivity index (χ1v) is 12.4. The topological polar surface area (TPSA) is 70.0 Å². The lowest BCUT2D eigenvalue weighted by Gasteiger charge is -2.31. The van der Waals surface area contributed by atoms with Crippen LogP contribution in [0.5, 0.6) is 5.75 Å². The Hall–Kier alpha value is -2.79. The van der Waals surface area contributed by atoms with E-state index in [9.17, 15) is 41.4 Å². The molecule has 1 heterocycles. The molecule has 0 bridgehead atoms. The van der Waals surface area contributed by atoms with Crippen molar-refractivity contribution < 1.29 is 46.1 Å². The molecule has 210 valence electrons. The Bertz CT molecular complexity index is 1120. The molecule has 3 rings (SSSR count). The number of carboxylic acids is 1. The summed E-state index contributed by atoms with van der Waals surface area (Å²) in [5, 5.41) is 19.6. The SMILES string of the molecule is C[C@H](C(=O)O)[C@@H](O)c1ccc2c(c1)OCCCN([C@H](C)c1cc(C(F)(F)F)ccc1C(F)(F)F)CCCC2. The number of aliphatic hydroxyl groups is 1. The Morgan fingerprint density at radius 3 is 2.26 bits per heavy atom. The molecule has 0 spiro atoms. The third kappa shape index (κ3) is 7.19. The van der Waals surface area contributed by atoms with Gasteiger partial charge < -0.3 is 14.9 Å². The summed E-state index contributed by atoms with van der Waals surface area (Å²) in [5.74, 6) is -1.67. The molecule has 0 unspecified atom stereocenters. The molecule has 2 aromatic rings. The lowest BCUT2D eigenvalue weighted by molar-refractivity contribution is -0.145. The van der Waals surface area contributed by atoms with Gasteiger partial charge in [-0.1, -0.05) is 12.1 Å². The zero-order valence-corrected chi connectivity index (χ0v) is 21.1. The highest BCUT2D eigenvalue weighted by Gasteiger charge is 2.38. The molecule has 0 radical (unpaired) electrons. The molecule has 1 aliphatic heterocycles. The number of hydrogen-bond donors (Lipinski definition) is 2. The molecule has 0 saturated heterocycles. The largest absolute Gasteiger partial charge is 0.493 e. The summed E-state index contributed by atoms with van der Waals surface area (Å²) in [7, 11) is 0. The highest BCUT2D eigenvalue weighted by Crippen LogP contribution is 2.40. The molecule has 0 fully saturated rings. The van der Waals surface area contributed by atoms with Gasteiger partial charge in [-0.25, -0.2) is 0 Å². The first-order chi connectivity index (χ1) is 17.7. The van der Waals surface area contributed by atoms with Crippen LogP contribution in [0.4, 0.5) is 26.3 Å². The standard InChI is InChI=1S/C27H31F6NO4/c1-16(25(36)37)24(35)19-8-7-18-6-3-4-11-34(12-5-13-38-23(18)14-19)17(2)21-15-20(26(28,29)30)9-10-22(21)27(31,32)33/h7-10,14-17,24,35H,3-6,11-13H2,1-2H3,(H,36,37)/t16-,17+,24+/m0/s1. The van der Waals surface area contributed by atoms with Crippen LogP contribution in [0, 0.1) is 5.92 Å². The molecular weight excluding hydrogens is 516 g/mol. The summed E-state index contributed by atoms with van der Waals surface area (Å²) in [4.78, 5) is 13.0. The minimum Gasteiger partial charge on any atom is -0.493 e. The first kappa shape index (κ1) is 29.8. The Morgan fingerprint density at radius 2 is 1.63 bits per heavy atom. The van der Waals surface area contributed by atoms with E-state index in [4.69, 9.17) is 4.74 Å². The van der Waals surface area contributed by atoms with Crippen molar-refractivity contribution in [2.75, 3.05) is 19.7 Å². The monoisotopic (exact) mass is 547 g/mol. The number of aryl methyl sites for hydroxylation is 1. The predicted molar refractivity (Wildman–Crippen MR) is 128 cm³/mol. The van der Waals surface area contributed by atoms with Gasteiger partial charge in [0, 0.05) is 12.6 Å². The van der Waals surface area contributed by atoms with E-state index in [0.29, 0.717) is 68.3 Å². The van der Waals surface area contributed by atoms with E-state index in [1.54, 1.807) is 23.1 Å². The van der Waals surface area contributed by atoms with Crippen LogP contribution in [0.2, 0.25) is 0 Å². The number of fused-ring (bicyclic) bond motifs is 1. The van der Waals surface area contributed by atoms with Crippen molar-refractivity contribution >= 4 is 5.97 Å². The van der Waals surface area contributed by atoms with Crippen LogP contribution < -0.4 is 4.74 Å². The molecular formula is C27H31F6NO4. The van der Waals surface area contributed by atoms with Crippen molar-refractivity contribution in [1.29, 1.82) is 0 Å². The number of ether oxygens (including phenoxy) is 1. The lowest BCUT2D eigenvalue weighted by atomic mass is 9.95. The van der Waals surface area contributed by atoms with Gasteiger partial charge in [0.15, 0.2) is 0 Å². The number of alkyl halides is 6. The maximum absolute atomic E-state index is 13.7. The van der Waals surface area contributed by atoms with Crippen molar-refractivity contribution in [2.45, 2.75) is 64.0 Å². The van der Waals surface area contributed by atoms with E-state index >= 15 is 0 Å². The third-order valence-corrected chi connectivity index (χ3v) is 6.97. The number of nitrogens with zero attached hydrogens (tertiary/aromatic N) is 1. The smallest absolute Gasteiger partial charge is 0.416 e. The Labute approximate surface area is 217 Å². The molecule has 11 heteroatoms. The fourth-order valence-electron chi connectivity index (χ4n) is 4.64. The summed E-state index contributed by atoms with van der Waals surface area (Å²) >= 11 is 0. The zero-order valence-electron chi connectivity index (χ0n) is 21.1. The normalized spacial score (nSPS) is 18.4. The summed E-state index contributed by atoms with van der Waals surface area (Å²) < 4.78 is 86.9. The Kier molecular flexibility index (Phi) is 9.35. The van der Waals surface area contributed by atoms with Crippen LogP contribution in [0.1, 0.15) is 73.1 Å². The average molecular weight is 548 g/mol. The minimum absolute atomic E-state index is 0.180. The molecule has 5 nitrogen and oxygen atoms in total. The Balaban J connectivity index is 1.81. The van der Waals surface area contributed by atoms with E-state index in [-0.39, 0.29) is 6.61 Å². The van der Waals surface area contributed by atoms with Gasteiger partial charge in [-0.05, 0) is 87.0 Å². The summed E-state index contributed by atoms with van der Waals surface area (Å²) in [6, 6.07) is 5.64. The molecule has 0 aromatic heterocycles. The van der Waals surface area contributed by atoms with Crippen molar-refractivity contribution in [2.24, 2.45) is 5.92 Å². The molecule has 1 aliphatic rings. The van der Waals surface area contributed by atoms with Gasteiger partial charge in [-0.15, -0.1) is 0 Å². The number of halogens is 6. The molecule has 0 amide bonds. The second-order valence-electron chi connectivity index (χ2n) is 9.61. The van der Waals surface area contributed by atoms with Crippen LogP contribution >= 0.6 is 0 Å². The fraction of sp³-hybridized carbons (Fsp3) is 0.519. The van der Waals surface area contributed by atoms with Crippen molar-refractivity contribution in [3.05, 3.63) is 64.2 Å². The maximum Gasteiger partial charge on any atom is 0.416 e. The van der Waals surface area contributed by atoms with Gasteiger partial charge in [0.1, 0.15) is 5.75 Å². The Morgan fingerprint density at radius 1 is 0.947 bits per heavy atom. The highest BCUT2D eigenvalue weighted by atomic mass is 19.4. The van der Waals surface area contributed by atoms with Crippen molar-refractivity contribution in [3.8, 4) is 5.75 Å². The molecule has 3 atom stereocenters. The minimum atomic E-state index is -4.80. The van der Waals surface area contributed by atoms with E-state index < -0.39 is 53.1 Å². The number of carbonyl (C=O) groups is 1. The number of benzene rings is 2. The molecule has 2 aromatic carbocycles. The molecule has 2 N–H and O–H groups in total. The number of hydrogen-bond acceptors (Lipinski definition) is 4. The van der Waals surface area contributed by atoms with Gasteiger partial charge in [-0.2, -0.15) is 26.3 Å². The zero-order chi connectivity index (χ0) is 28.3. The highest BCUT2D eigenvalue weighted by molar-refractivity contribution is 5.70. The molecule has 0 aliphatic carbocycles. The van der Waals surface area contributed by atoms with Crippen LogP contribution in [0.25, 0.3) is 0 Å². The third-order valence-electron chi connectivity index (χ3n) is 6.97. The lowest BCUT2D eigenvalue weighted by Crippen LogP contribution is -2.31. The summed E-state index contributed by atoms with van der Waals surface area (Å²) in [6.45, 7) is 3.74. The number of carboxylic acid groups (broad SMARTS) is 1. The predicted octanol–water partition coefficient (Wildman–Crippen LogP) is 6.65. The first-order valence-electron chi connectivity index (χ1n) is 12.4. The van der Waals surface area contributed by atoms with Gasteiger partial charge in [0.05, 0.1) is 29.8 Å². The summed E-state index contributed by atoms with van der Waals surface area (Å²) in [6.07, 6.45) is -8.61. The van der Waals surface area contributed by atoms with Gasteiger partial charge in [0.25, 0.3) is 0 Å². The van der Waals surface area contributed by atoms with Crippen LogP contribution in [-0.4, -0.2) is 40.8 Å². The van der Waals surface area contributed by atoms with E-state index in [0.717, 1.165) is 5.56 Å². The maximum atomic E-state index is 13.7. The van der Waals surface area contributed by atoms with Crippen molar-refractivity contribution in [1.82, 2.24) is 4.90 Å².